The highest BCUT2D eigenvalue weighted by Crippen LogP contribution is 1.73. The van der Waals surface area contributed by atoms with Crippen LogP contribution in [0.25, 0.3) is 0 Å². The van der Waals surface area contributed by atoms with Crippen molar-refractivity contribution in [3.8, 4) is 0 Å². The summed E-state index contributed by atoms with van der Waals surface area (Å²) >= 11 is 0. The summed E-state index contributed by atoms with van der Waals surface area (Å²) in [6, 6.07) is 5.72. The van der Waals surface area contributed by atoms with E-state index in [2.05, 4.69) is 4.98 Å². The van der Waals surface area contributed by atoms with Crippen molar-refractivity contribution in [1.82, 2.24) is 23.4 Å². The third-order valence-electron chi connectivity index (χ3n) is 0.566. The Bertz CT molecular complexity index is 124. The van der Waals surface area contributed by atoms with Gasteiger partial charge in [-0.15, -0.1) is 0 Å². The average Bonchev–Trinajstić information content (AvgIpc) is 1.90. The largest absolute Gasteiger partial charge is 0.631 e. The van der Waals surface area contributed by atoms with Gasteiger partial charge in [-0.25, -0.2) is 0 Å². The molecule has 0 spiro atoms. The van der Waals surface area contributed by atoms with Gasteiger partial charge in [0.05, 0.1) is 0 Å². The zero-order valence-corrected chi connectivity index (χ0v) is 7.37. The van der Waals surface area contributed by atoms with Crippen LogP contribution in [0.5, 0.6) is 0 Å². The normalized spacial score (nSPS) is 5.77. The molecule has 8 heteroatoms. The van der Waals surface area contributed by atoms with Gasteiger partial charge in [-0.2, -0.15) is 0 Å². The molecule has 0 aromatic carbocycles. The zero-order valence-electron chi connectivity index (χ0n) is 7.37. The molecule has 0 aliphatic heterocycles. The quantitative estimate of drug-likeness (QED) is 0.300. The van der Waals surface area contributed by atoms with Gasteiger partial charge in [0.25, 0.3) is 0 Å². The Morgan fingerprint density at radius 1 is 0.769 bits per heavy atom. The highest BCUT2D eigenvalue weighted by Gasteiger charge is 1.92. The Morgan fingerprint density at radius 3 is 1.15 bits per heavy atom. The van der Waals surface area contributed by atoms with E-state index in [4.69, 9.17) is 15.1 Å². The van der Waals surface area contributed by atoms with E-state index >= 15 is 0 Å². The van der Waals surface area contributed by atoms with Crippen LogP contribution in [-0.4, -0.2) is 27.4 Å². The summed E-state index contributed by atoms with van der Waals surface area (Å²) in [5.74, 6) is 0. The molecular weight excluding hydrogens is 175 g/mol. The van der Waals surface area contributed by atoms with Gasteiger partial charge < -0.3 is 33.5 Å². The second-order valence-electron chi connectivity index (χ2n) is 1.37. The number of hydrogen-bond donors (Lipinski definition) is 6. The highest BCUT2D eigenvalue weighted by atomic mass is 16.5. The maximum absolute atomic E-state index is 7.17. The fourth-order valence-corrected chi connectivity index (χ4v) is 0.313. The number of pyridine rings is 1. The summed E-state index contributed by atoms with van der Waals surface area (Å²) in [5.41, 5.74) is 0. The summed E-state index contributed by atoms with van der Waals surface area (Å²) in [6.45, 7) is 0. The second-order valence-corrected chi connectivity index (χ2v) is 1.37. The Morgan fingerprint density at radius 2 is 1.08 bits per heavy atom. The summed E-state index contributed by atoms with van der Waals surface area (Å²) in [6.07, 6.45) is 3.50. The van der Waals surface area contributed by atoms with E-state index in [1.54, 1.807) is 12.4 Å². The molecule has 0 fully saturated rings. The van der Waals surface area contributed by atoms with Crippen LogP contribution >= 0.6 is 0 Å². The van der Waals surface area contributed by atoms with Gasteiger partial charge >= 0.3 is 7.32 Å². The van der Waals surface area contributed by atoms with E-state index in [9.17, 15) is 0 Å². The van der Waals surface area contributed by atoms with Crippen LogP contribution in [0.4, 0.5) is 0 Å². The van der Waals surface area contributed by atoms with Crippen molar-refractivity contribution in [3.05, 3.63) is 30.6 Å². The Hall–Kier alpha value is -1.03. The molecule has 13 heavy (non-hydrogen) atoms. The van der Waals surface area contributed by atoms with Crippen molar-refractivity contribution in [2.24, 2.45) is 0 Å². The monoisotopic (exact) mass is 192 g/mol. The molecule has 78 valence electrons. The molecule has 0 bridgehead atoms. The van der Waals surface area contributed by atoms with Crippen LogP contribution < -0.4 is 18.5 Å². The molecule has 0 atom stereocenters. The molecule has 0 saturated carbocycles. The number of aromatic nitrogens is 1. The molecule has 1 heterocycles. The lowest BCUT2D eigenvalue weighted by molar-refractivity contribution is 0.278. The fraction of sp³-hybridized carbons (Fsp3) is 0. The number of hydrogen-bond acceptors (Lipinski definition) is 7. The fourth-order valence-electron chi connectivity index (χ4n) is 0.313. The molecule has 12 N–H and O–H groups in total. The summed E-state index contributed by atoms with van der Waals surface area (Å²) < 4.78 is 0. The third kappa shape index (κ3) is 35.7. The minimum absolute atomic E-state index is 0. The molecule has 0 unspecified atom stereocenters. The number of nitrogens with zero attached hydrogens (tertiary/aromatic N) is 1. The van der Waals surface area contributed by atoms with Crippen LogP contribution in [0.1, 0.15) is 0 Å². The molecule has 1 aromatic heterocycles. The van der Waals surface area contributed by atoms with Crippen molar-refractivity contribution in [2.45, 2.75) is 0 Å². The third-order valence-corrected chi connectivity index (χ3v) is 0.566. The lowest BCUT2D eigenvalue weighted by Gasteiger charge is -1.70. The first-order chi connectivity index (χ1) is 4.73. The van der Waals surface area contributed by atoms with Crippen molar-refractivity contribution in [2.75, 3.05) is 0 Å². The predicted octanol–water partition coefficient (Wildman–Crippen LogP) is -0.484. The standard InChI is InChI=1S/C5H5N.BH3O3.3H3N/c1-2-4-6-5-3-1;2-1(3)4;;;/h1-5H;2-4H;3*1H3. The van der Waals surface area contributed by atoms with E-state index < -0.39 is 7.32 Å². The SMILES string of the molecule is N.N.N.OB(O)O.c1ccncc1. The van der Waals surface area contributed by atoms with Gasteiger partial charge in [-0.3, -0.25) is 4.98 Å². The van der Waals surface area contributed by atoms with Crippen molar-refractivity contribution in [1.29, 1.82) is 0 Å². The molecule has 0 saturated heterocycles. The summed E-state index contributed by atoms with van der Waals surface area (Å²) in [7, 11) is -2.17. The van der Waals surface area contributed by atoms with E-state index in [1.807, 2.05) is 18.2 Å². The first-order valence-electron chi connectivity index (χ1n) is 2.62. The summed E-state index contributed by atoms with van der Waals surface area (Å²) in [4.78, 5) is 3.78. The first-order valence-corrected chi connectivity index (χ1v) is 2.62. The molecule has 0 aliphatic carbocycles. The van der Waals surface area contributed by atoms with Gasteiger partial charge in [-0.05, 0) is 12.1 Å². The van der Waals surface area contributed by atoms with Crippen molar-refractivity contribution in [3.63, 3.8) is 0 Å². The van der Waals surface area contributed by atoms with Gasteiger partial charge in [0, 0.05) is 12.4 Å². The van der Waals surface area contributed by atoms with Crippen LogP contribution in [0.3, 0.4) is 0 Å². The maximum Gasteiger partial charge on any atom is 0.631 e. The topological polar surface area (TPSA) is 179 Å². The minimum Gasteiger partial charge on any atom is -0.402 e. The van der Waals surface area contributed by atoms with Crippen LogP contribution in [0.2, 0.25) is 0 Å². The van der Waals surface area contributed by atoms with Gasteiger partial charge in [0.1, 0.15) is 0 Å². The average molecular weight is 192 g/mol. The molecule has 1 aromatic rings. The molecule has 1 rings (SSSR count). The van der Waals surface area contributed by atoms with E-state index in [0.717, 1.165) is 0 Å². The van der Waals surface area contributed by atoms with Crippen LogP contribution in [-0.2, 0) is 0 Å². The molecule has 0 radical (unpaired) electrons. The highest BCUT2D eigenvalue weighted by molar-refractivity contribution is 6.30. The minimum atomic E-state index is -2.17. The number of rotatable bonds is 0. The van der Waals surface area contributed by atoms with E-state index in [-0.39, 0.29) is 18.5 Å². The Kier molecular flexibility index (Phi) is 30.0. The smallest absolute Gasteiger partial charge is 0.402 e. The lowest BCUT2D eigenvalue weighted by Crippen LogP contribution is -2.07. The Labute approximate surface area is 77.4 Å². The van der Waals surface area contributed by atoms with Crippen LogP contribution in [0, 0.1) is 0 Å². The zero-order chi connectivity index (χ0) is 7.82. The molecule has 0 aliphatic rings. The molecule has 7 nitrogen and oxygen atoms in total. The van der Waals surface area contributed by atoms with E-state index in [0.29, 0.717) is 0 Å². The van der Waals surface area contributed by atoms with Crippen molar-refractivity contribution < 1.29 is 15.1 Å². The van der Waals surface area contributed by atoms with Gasteiger partial charge in [0.15, 0.2) is 0 Å². The second kappa shape index (κ2) is 17.2. The first kappa shape index (κ1) is 22.7. The van der Waals surface area contributed by atoms with E-state index in [1.165, 1.54) is 0 Å². The molecule has 0 amide bonds. The Balaban J connectivity index is -0.0000000536. The van der Waals surface area contributed by atoms with Crippen molar-refractivity contribution >= 4 is 7.32 Å². The van der Waals surface area contributed by atoms with Gasteiger partial charge in [-0.1, -0.05) is 6.07 Å². The predicted molar refractivity (Wildman–Crippen MR) is 51.7 cm³/mol. The summed E-state index contributed by atoms with van der Waals surface area (Å²) in [5, 5.41) is 21.5. The van der Waals surface area contributed by atoms with Crippen LogP contribution in [0.15, 0.2) is 30.6 Å². The lowest BCUT2D eigenvalue weighted by atomic mass is 10.3. The van der Waals surface area contributed by atoms with Gasteiger partial charge in [0.2, 0.25) is 0 Å². The molecular formula is C5H17BN4O3. The maximum atomic E-state index is 7.17.